The number of anilines is 3. The fourth-order valence-electron chi connectivity index (χ4n) is 3.09. The fourth-order valence-corrected chi connectivity index (χ4v) is 3.09. The summed E-state index contributed by atoms with van der Waals surface area (Å²) in [5, 5.41) is 6.02. The van der Waals surface area contributed by atoms with Gasteiger partial charge in [0.1, 0.15) is 12.4 Å². The average Bonchev–Trinajstić information content (AvgIpc) is 2.81. The van der Waals surface area contributed by atoms with Gasteiger partial charge in [-0.15, -0.1) is 0 Å². The molecule has 3 rings (SSSR count). The lowest BCUT2D eigenvalue weighted by molar-refractivity contribution is 0.100. The van der Waals surface area contributed by atoms with Crippen molar-refractivity contribution < 1.29 is 18.7 Å². The monoisotopic (exact) mass is 454 g/mol. The van der Waals surface area contributed by atoms with Crippen LogP contribution in [-0.4, -0.2) is 48.8 Å². The molecule has 10 heteroatoms. The number of nitrogens with two attached hydrogens (primary N) is 2. The normalized spacial score (nSPS) is 11.6. The second-order valence-corrected chi connectivity index (χ2v) is 7.19. The molecule has 0 aliphatic rings. The van der Waals surface area contributed by atoms with E-state index in [4.69, 9.17) is 20.9 Å². The molecular formula is C23H27FN6O3. The summed E-state index contributed by atoms with van der Waals surface area (Å²) in [4.78, 5) is 20.3. The summed E-state index contributed by atoms with van der Waals surface area (Å²) >= 11 is 0. The van der Waals surface area contributed by atoms with Gasteiger partial charge in [0.25, 0.3) is 5.91 Å². The van der Waals surface area contributed by atoms with Crippen LogP contribution < -0.4 is 26.8 Å². The zero-order valence-electron chi connectivity index (χ0n) is 18.3. The molecule has 0 spiro atoms. The molecule has 0 saturated heterocycles. The quantitative estimate of drug-likeness (QED) is 0.306. The van der Waals surface area contributed by atoms with E-state index in [1.165, 1.54) is 6.20 Å². The minimum Gasteiger partial charge on any atom is -0.475 e. The summed E-state index contributed by atoms with van der Waals surface area (Å²) in [6, 6.07) is 13.8. The van der Waals surface area contributed by atoms with Gasteiger partial charge in [0.15, 0.2) is 11.6 Å². The minimum atomic E-state index is -0.819. The molecule has 0 saturated carbocycles. The molecule has 2 aromatic heterocycles. The van der Waals surface area contributed by atoms with E-state index in [-0.39, 0.29) is 29.8 Å². The second kappa shape index (κ2) is 11.7. The lowest BCUT2D eigenvalue weighted by atomic mass is 10.1. The van der Waals surface area contributed by atoms with Crippen LogP contribution >= 0.6 is 0 Å². The van der Waals surface area contributed by atoms with E-state index < -0.39 is 11.7 Å². The number of nitrogens with zero attached hydrogens (tertiary/aromatic N) is 2. The molecule has 6 N–H and O–H groups in total. The summed E-state index contributed by atoms with van der Waals surface area (Å²) in [5.74, 6) is -1.13. The van der Waals surface area contributed by atoms with Crippen molar-refractivity contribution in [1.29, 1.82) is 0 Å². The van der Waals surface area contributed by atoms with Crippen molar-refractivity contribution in [2.24, 2.45) is 11.5 Å². The van der Waals surface area contributed by atoms with Gasteiger partial charge >= 0.3 is 0 Å². The number of aromatic nitrogens is 2. The van der Waals surface area contributed by atoms with E-state index in [1.54, 1.807) is 19.2 Å². The SMILES string of the molecule is COCCOc1cc(Nc2nc(N[C@@H](CN)Cc3ccccc3)c(F)cc2C(N)=O)ccn1. The summed E-state index contributed by atoms with van der Waals surface area (Å²) in [6.07, 6.45) is 2.10. The largest absolute Gasteiger partial charge is 0.475 e. The number of primary amides is 1. The van der Waals surface area contributed by atoms with E-state index in [9.17, 15) is 9.18 Å². The van der Waals surface area contributed by atoms with Crippen molar-refractivity contribution in [3.8, 4) is 5.88 Å². The Morgan fingerprint density at radius 2 is 1.94 bits per heavy atom. The molecule has 0 aliphatic carbocycles. The maximum Gasteiger partial charge on any atom is 0.252 e. The Morgan fingerprint density at radius 3 is 2.64 bits per heavy atom. The van der Waals surface area contributed by atoms with Crippen LogP contribution in [0.2, 0.25) is 0 Å². The highest BCUT2D eigenvalue weighted by Crippen LogP contribution is 2.25. The molecule has 9 nitrogen and oxygen atoms in total. The Hall–Kier alpha value is -3.76. The number of hydrogen-bond acceptors (Lipinski definition) is 8. The Morgan fingerprint density at radius 1 is 1.15 bits per heavy atom. The van der Waals surface area contributed by atoms with Crippen LogP contribution in [0.5, 0.6) is 5.88 Å². The summed E-state index contributed by atoms with van der Waals surface area (Å²) < 4.78 is 25.2. The van der Waals surface area contributed by atoms with Crippen molar-refractivity contribution in [3.05, 3.63) is 71.7 Å². The standard InChI is InChI=1S/C23H27FN6O3/c1-32-9-10-33-20-12-16(7-8-27-20)28-22-18(21(26)31)13-19(24)23(30-22)29-17(14-25)11-15-5-3-2-4-6-15/h2-8,12-13,17H,9-11,14,25H2,1H3,(H2,26,31)(H2,27,28,29,30)/t17-/m1/s1. The Labute approximate surface area is 191 Å². The first kappa shape index (κ1) is 23.9. The van der Waals surface area contributed by atoms with Gasteiger partial charge in [0.05, 0.1) is 12.2 Å². The highest BCUT2D eigenvalue weighted by molar-refractivity contribution is 5.98. The maximum absolute atomic E-state index is 14.8. The zero-order valence-corrected chi connectivity index (χ0v) is 18.3. The average molecular weight is 455 g/mol. The fraction of sp³-hybridized carbons (Fsp3) is 0.261. The van der Waals surface area contributed by atoms with E-state index in [2.05, 4.69) is 20.6 Å². The highest BCUT2D eigenvalue weighted by Gasteiger charge is 2.18. The number of carbonyl (C=O) groups is 1. The molecule has 0 aliphatic heterocycles. The molecule has 1 atom stereocenters. The van der Waals surface area contributed by atoms with Crippen LogP contribution in [0.25, 0.3) is 0 Å². The maximum atomic E-state index is 14.8. The number of hydrogen-bond donors (Lipinski definition) is 4. The van der Waals surface area contributed by atoms with Gasteiger partial charge in [-0.2, -0.15) is 0 Å². The van der Waals surface area contributed by atoms with Gasteiger partial charge in [-0.05, 0) is 24.1 Å². The van der Waals surface area contributed by atoms with Gasteiger partial charge in [0.2, 0.25) is 5.88 Å². The first-order valence-corrected chi connectivity index (χ1v) is 10.4. The molecule has 3 aromatic rings. The Kier molecular flexibility index (Phi) is 8.50. The number of nitrogens with one attached hydrogen (secondary N) is 2. The first-order valence-electron chi connectivity index (χ1n) is 10.4. The van der Waals surface area contributed by atoms with Crippen LogP contribution in [0, 0.1) is 5.82 Å². The number of pyridine rings is 2. The lowest BCUT2D eigenvalue weighted by Gasteiger charge is -2.19. The summed E-state index contributed by atoms with van der Waals surface area (Å²) in [6.45, 7) is 0.984. The minimum absolute atomic E-state index is 0.0421. The molecular weight excluding hydrogens is 427 g/mol. The van der Waals surface area contributed by atoms with Crippen LogP contribution in [0.4, 0.5) is 21.7 Å². The van der Waals surface area contributed by atoms with Crippen molar-refractivity contribution in [2.75, 3.05) is 37.5 Å². The number of halogens is 1. The molecule has 0 unspecified atom stereocenters. The van der Waals surface area contributed by atoms with Crippen molar-refractivity contribution >= 4 is 23.2 Å². The van der Waals surface area contributed by atoms with E-state index in [0.29, 0.717) is 31.2 Å². The number of carbonyl (C=O) groups excluding carboxylic acids is 1. The molecule has 1 aromatic carbocycles. The molecule has 0 bridgehead atoms. The van der Waals surface area contributed by atoms with Crippen molar-refractivity contribution in [1.82, 2.24) is 9.97 Å². The van der Waals surface area contributed by atoms with E-state index in [1.807, 2.05) is 30.3 Å². The highest BCUT2D eigenvalue weighted by atomic mass is 19.1. The number of ether oxygens (including phenoxy) is 2. The van der Waals surface area contributed by atoms with Crippen LogP contribution in [0.15, 0.2) is 54.7 Å². The summed E-state index contributed by atoms with van der Waals surface area (Å²) in [5.41, 5.74) is 12.8. The van der Waals surface area contributed by atoms with Gasteiger partial charge < -0.3 is 31.6 Å². The topological polar surface area (TPSA) is 137 Å². The molecule has 0 radical (unpaired) electrons. The molecule has 0 fully saturated rings. The number of rotatable bonds is 12. The zero-order chi connectivity index (χ0) is 23.6. The lowest BCUT2D eigenvalue weighted by Crippen LogP contribution is -2.32. The smallest absolute Gasteiger partial charge is 0.252 e. The number of methoxy groups -OCH3 is 1. The summed E-state index contributed by atoms with van der Waals surface area (Å²) in [7, 11) is 1.57. The molecule has 1 amide bonds. The molecule has 2 heterocycles. The first-order chi connectivity index (χ1) is 16.0. The van der Waals surface area contributed by atoms with Gasteiger partial charge in [0, 0.05) is 37.6 Å². The molecule has 174 valence electrons. The second-order valence-electron chi connectivity index (χ2n) is 7.19. The third-order valence-corrected chi connectivity index (χ3v) is 4.73. The van der Waals surface area contributed by atoms with Crippen LogP contribution in [-0.2, 0) is 11.2 Å². The van der Waals surface area contributed by atoms with Crippen molar-refractivity contribution in [2.45, 2.75) is 12.5 Å². The van der Waals surface area contributed by atoms with Crippen LogP contribution in [0.1, 0.15) is 15.9 Å². The van der Waals surface area contributed by atoms with E-state index >= 15 is 0 Å². The third kappa shape index (κ3) is 6.86. The molecule has 33 heavy (non-hydrogen) atoms. The Balaban J connectivity index is 1.83. The van der Waals surface area contributed by atoms with Crippen molar-refractivity contribution in [3.63, 3.8) is 0 Å². The predicted molar refractivity (Wildman–Crippen MR) is 124 cm³/mol. The predicted octanol–water partition coefficient (Wildman–Crippen LogP) is 2.47. The van der Waals surface area contributed by atoms with Gasteiger partial charge in [-0.25, -0.2) is 14.4 Å². The van der Waals surface area contributed by atoms with Crippen LogP contribution in [0.3, 0.4) is 0 Å². The number of amides is 1. The number of benzene rings is 1. The van der Waals surface area contributed by atoms with Gasteiger partial charge in [-0.3, -0.25) is 4.79 Å². The van der Waals surface area contributed by atoms with Gasteiger partial charge in [-0.1, -0.05) is 30.3 Å². The third-order valence-electron chi connectivity index (χ3n) is 4.73. The Bertz CT molecular complexity index is 1070. The van der Waals surface area contributed by atoms with E-state index in [0.717, 1.165) is 11.6 Å².